The van der Waals surface area contributed by atoms with Crippen LogP contribution in [0, 0.1) is 5.82 Å². The number of hydrogen-bond acceptors (Lipinski definition) is 3. The molecule has 1 aromatic heterocycles. The number of furan rings is 1. The van der Waals surface area contributed by atoms with Gasteiger partial charge in [-0.1, -0.05) is 19.1 Å². The number of nitrogens with zero attached hydrogens (tertiary/aromatic N) is 1. The zero-order chi connectivity index (χ0) is 15.2. The minimum atomic E-state index is -0.202. The van der Waals surface area contributed by atoms with Gasteiger partial charge in [-0.05, 0) is 43.7 Å². The first kappa shape index (κ1) is 15.6. The molecule has 0 aliphatic heterocycles. The summed E-state index contributed by atoms with van der Waals surface area (Å²) in [7, 11) is 1.89. The maximum atomic E-state index is 14.3. The Labute approximate surface area is 125 Å². The summed E-state index contributed by atoms with van der Waals surface area (Å²) < 4.78 is 19.7. The highest BCUT2D eigenvalue weighted by atomic mass is 19.1. The Bertz CT molecular complexity index is 554. The van der Waals surface area contributed by atoms with Gasteiger partial charge < -0.3 is 14.6 Å². The molecule has 4 heteroatoms. The first-order chi connectivity index (χ1) is 10.1. The predicted octanol–water partition coefficient (Wildman–Crippen LogP) is 4.12. The molecule has 0 fully saturated rings. The first-order valence-corrected chi connectivity index (χ1v) is 7.38. The van der Waals surface area contributed by atoms with Crippen LogP contribution >= 0.6 is 0 Å². The van der Waals surface area contributed by atoms with E-state index in [1.54, 1.807) is 12.3 Å². The fraction of sp³-hybridized carbons (Fsp3) is 0.412. The summed E-state index contributed by atoms with van der Waals surface area (Å²) in [4.78, 5) is 1.90. The van der Waals surface area contributed by atoms with E-state index in [0.717, 1.165) is 24.3 Å². The van der Waals surface area contributed by atoms with Gasteiger partial charge in [0.15, 0.2) is 0 Å². The molecule has 21 heavy (non-hydrogen) atoms. The van der Waals surface area contributed by atoms with Crippen molar-refractivity contribution in [1.29, 1.82) is 0 Å². The van der Waals surface area contributed by atoms with E-state index in [9.17, 15) is 4.39 Å². The van der Waals surface area contributed by atoms with Crippen LogP contribution in [0.4, 0.5) is 10.1 Å². The molecule has 1 heterocycles. The van der Waals surface area contributed by atoms with Crippen LogP contribution in [-0.2, 0) is 6.54 Å². The number of anilines is 1. The standard InChI is InChI=1S/C17H23FN2O/c1-4-10-19-13(2)15-8-5-9-16(18)17(15)20(3)12-14-7-6-11-21-14/h5-9,11,13,19H,4,10,12H2,1-3H3. The number of hydrogen-bond donors (Lipinski definition) is 1. The molecule has 2 aromatic rings. The van der Waals surface area contributed by atoms with Gasteiger partial charge in [-0.15, -0.1) is 0 Å². The lowest BCUT2D eigenvalue weighted by Gasteiger charge is -2.25. The molecule has 1 aromatic carbocycles. The Kier molecular flexibility index (Phi) is 5.39. The number of nitrogens with one attached hydrogen (secondary N) is 1. The summed E-state index contributed by atoms with van der Waals surface area (Å²) in [5.41, 5.74) is 1.60. The fourth-order valence-corrected chi connectivity index (χ4v) is 2.47. The molecule has 1 N–H and O–H groups in total. The smallest absolute Gasteiger partial charge is 0.146 e. The van der Waals surface area contributed by atoms with Crippen molar-refractivity contribution in [2.24, 2.45) is 0 Å². The van der Waals surface area contributed by atoms with E-state index in [4.69, 9.17) is 4.42 Å². The van der Waals surface area contributed by atoms with Crippen molar-refractivity contribution < 1.29 is 8.81 Å². The van der Waals surface area contributed by atoms with Crippen LogP contribution in [0.2, 0.25) is 0 Å². The average molecular weight is 290 g/mol. The zero-order valence-electron chi connectivity index (χ0n) is 12.9. The maximum Gasteiger partial charge on any atom is 0.146 e. The summed E-state index contributed by atoms with van der Waals surface area (Å²) >= 11 is 0. The quantitative estimate of drug-likeness (QED) is 0.831. The van der Waals surface area contributed by atoms with E-state index in [1.165, 1.54) is 6.07 Å². The van der Waals surface area contributed by atoms with E-state index in [1.807, 2.05) is 30.1 Å². The molecule has 3 nitrogen and oxygen atoms in total. The normalized spacial score (nSPS) is 12.4. The highest BCUT2D eigenvalue weighted by molar-refractivity contribution is 5.55. The predicted molar refractivity (Wildman–Crippen MR) is 83.9 cm³/mol. The van der Waals surface area contributed by atoms with E-state index >= 15 is 0 Å². The van der Waals surface area contributed by atoms with Crippen molar-refractivity contribution in [3.63, 3.8) is 0 Å². The summed E-state index contributed by atoms with van der Waals surface area (Å²) in [6.45, 7) is 5.64. The monoisotopic (exact) mass is 290 g/mol. The Morgan fingerprint density at radius 3 is 2.76 bits per heavy atom. The lowest BCUT2D eigenvalue weighted by Crippen LogP contribution is -2.24. The minimum absolute atomic E-state index is 0.106. The van der Waals surface area contributed by atoms with Crippen LogP contribution in [0.3, 0.4) is 0 Å². The molecular formula is C17H23FN2O. The summed E-state index contributed by atoms with van der Waals surface area (Å²) in [6.07, 6.45) is 2.69. The fourth-order valence-electron chi connectivity index (χ4n) is 2.47. The zero-order valence-corrected chi connectivity index (χ0v) is 12.9. The second-order valence-corrected chi connectivity index (χ2v) is 5.29. The van der Waals surface area contributed by atoms with Gasteiger partial charge in [0.05, 0.1) is 18.5 Å². The lowest BCUT2D eigenvalue weighted by molar-refractivity contribution is 0.503. The largest absolute Gasteiger partial charge is 0.467 e. The van der Waals surface area contributed by atoms with Gasteiger partial charge in [0, 0.05) is 13.1 Å². The molecule has 0 spiro atoms. The third-order valence-electron chi connectivity index (χ3n) is 3.54. The summed E-state index contributed by atoms with van der Waals surface area (Å²) in [6, 6.07) is 9.09. The van der Waals surface area contributed by atoms with E-state index in [-0.39, 0.29) is 11.9 Å². The van der Waals surface area contributed by atoms with E-state index < -0.39 is 0 Å². The van der Waals surface area contributed by atoms with Crippen LogP contribution < -0.4 is 10.2 Å². The molecule has 1 atom stereocenters. The molecule has 0 saturated heterocycles. The van der Waals surface area contributed by atoms with Gasteiger partial charge in [0.2, 0.25) is 0 Å². The van der Waals surface area contributed by atoms with Gasteiger partial charge in [0.1, 0.15) is 11.6 Å². The van der Waals surface area contributed by atoms with Crippen LogP contribution in [-0.4, -0.2) is 13.6 Å². The molecule has 0 aliphatic carbocycles. The third-order valence-corrected chi connectivity index (χ3v) is 3.54. The maximum absolute atomic E-state index is 14.3. The molecule has 0 bridgehead atoms. The van der Waals surface area contributed by atoms with Gasteiger partial charge in [-0.3, -0.25) is 0 Å². The highest BCUT2D eigenvalue weighted by Gasteiger charge is 2.17. The molecule has 0 amide bonds. The minimum Gasteiger partial charge on any atom is -0.467 e. The van der Waals surface area contributed by atoms with Crippen molar-refractivity contribution in [2.75, 3.05) is 18.5 Å². The van der Waals surface area contributed by atoms with Crippen molar-refractivity contribution in [3.8, 4) is 0 Å². The second kappa shape index (κ2) is 7.27. The van der Waals surface area contributed by atoms with Crippen LogP contribution in [0.15, 0.2) is 41.0 Å². The molecular weight excluding hydrogens is 267 g/mol. The number of rotatable bonds is 7. The third kappa shape index (κ3) is 3.85. The molecule has 0 saturated carbocycles. The SMILES string of the molecule is CCCNC(C)c1cccc(F)c1N(C)Cc1ccco1. The molecule has 2 rings (SSSR count). The molecule has 0 radical (unpaired) electrons. The summed E-state index contributed by atoms with van der Waals surface area (Å²) in [5, 5.41) is 3.41. The van der Waals surface area contributed by atoms with Crippen molar-refractivity contribution in [1.82, 2.24) is 5.32 Å². The number of benzene rings is 1. The number of para-hydroxylation sites is 1. The highest BCUT2D eigenvalue weighted by Crippen LogP contribution is 2.29. The van der Waals surface area contributed by atoms with Crippen LogP contribution in [0.1, 0.15) is 37.6 Å². The summed E-state index contributed by atoms with van der Waals surface area (Å²) in [5.74, 6) is 0.618. The van der Waals surface area contributed by atoms with Gasteiger partial charge >= 0.3 is 0 Å². The van der Waals surface area contributed by atoms with E-state index in [2.05, 4.69) is 19.2 Å². The van der Waals surface area contributed by atoms with Crippen molar-refractivity contribution in [3.05, 3.63) is 53.7 Å². The average Bonchev–Trinajstić information content (AvgIpc) is 2.97. The topological polar surface area (TPSA) is 28.4 Å². The van der Waals surface area contributed by atoms with Crippen molar-refractivity contribution in [2.45, 2.75) is 32.9 Å². The molecule has 114 valence electrons. The number of halogens is 1. The molecule has 0 aliphatic rings. The second-order valence-electron chi connectivity index (χ2n) is 5.29. The Morgan fingerprint density at radius 2 is 2.10 bits per heavy atom. The van der Waals surface area contributed by atoms with Gasteiger partial charge in [-0.2, -0.15) is 0 Å². The van der Waals surface area contributed by atoms with Gasteiger partial charge in [0.25, 0.3) is 0 Å². The van der Waals surface area contributed by atoms with Crippen LogP contribution in [0.25, 0.3) is 0 Å². The van der Waals surface area contributed by atoms with Crippen LogP contribution in [0.5, 0.6) is 0 Å². The van der Waals surface area contributed by atoms with E-state index in [0.29, 0.717) is 12.2 Å². The Balaban J connectivity index is 2.24. The first-order valence-electron chi connectivity index (χ1n) is 7.38. The Hall–Kier alpha value is -1.81. The molecule has 1 unspecified atom stereocenters. The van der Waals surface area contributed by atoms with Gasteiger partial charge in [-0.25, -0.2) is 4.39 Å². The van der Waals surface area contributed by atoms with Crippen molar-refractivity contribution >= 4 is 5.69 Å². The lowest BCUT2D eigenvalue weighted by atomic mass is 10.0. The Morgan fingerprint density at radius 1 is 1.29 bits per heavy atom.